The van der Waals surface area contributed by atoms with Gasteiger partial charge in [0, 0.05) is 28.2 Å². The fourth-order valence-corrected chi connectivity index (χ4v) is 2.48. The standard InChI is InChI=1S/C20H15ClFN3O2/c1-12-2-5-16(11-17(12)21)25-20(27)18-10-13(8-9-23-18)19(26)24-15-6-3-14(22)4-7-15/h2-11H,1H3,(H,24,26)(H,25,27). The van der Waals surface area contributed by atoms with Crippen LogP contribution in [0, 0.1) is 12.7 Å². The van der Waals surface area contributed by atoms with Gasteiger partial charge in [-0.2, -0.15) is 0 Å². The van der Waals surface area contributed by atoms with Crippen molar-refractivity contribution in [3.05, 3.63) is 88.5 Å². The van der Waals surface area contributed by atoms with Crippen molar-refractivity contribution in [1.29, 1.82) is 0 Å². The molecule has 5 nitrogen and oxygen atoms in total. The zero-order valence-electron chi connectivity index (χ0n) is 14.3. The largest absolute Gasteiger partial charge is 0.322 e. The van der Waals surface area contributed by atoms with Crippen molar-refractivity contribution in [2.45, 2.75) is 6.92 Å². The quantitative estimate of drug-likeness (QED) is 0.686. The van der Waals surface area contributed by atoms with Crippen molar-refractivity contribution in [2.75, 3.05) is 10.6 Å². The zero-order valence-corrected chi connectivity index (χ0v) is 15.0. The van der Waals surface area contributed by atoms with E-state index in [9.17, 15) is 14.0 Å². The number of hydrogen-bond acceptors (Lipinski definition) is 3. The monoisotopic (exact) mass is 383 g/mol. The number of benzene rings is 2. The summed E-state index contributed by atoms with van der Waals surface area (Å²) in [5.74, 6) is -1.30. The molecule has 3 rings (SSSR count). The first-order valence-electron chi connectivity index (χ1n) is 8.03. The molecule has 0 unspecified atom stereocenters. The molecule has 0 spiro atoms. The van der Waals surface area contributed by atoms with Crippen LogP contribution in [0.25, 0.3) is 0 Å². The van der Waals surface area contributed by atoms with Crippen LogP contribution in [-0.4, -0.2) is 16.8 Å². The van der Waals surface area contributed by atoms with Gasteiger partial charge in [0.05, 0.1) is 0 Å². The topological polar surface area (TPSA) is 71.1 Å². The molecule has 2 N–H and O–H groups in total. The molecule has 136 valence electrons. The number of rotatable bonds is 4. The Morgan fingerprint density at radius 3 is 2.30 bits per heavy atom. The maximum absolute atomic E-state index is 12.9. The Morgan fingerprint density at radius 1 is 0.926 bits per heavy atom. The summed E-state index contributed by atoms with van der Waals surface area (Å²) in [4.78, 5) is 28.7. The van der Waals surface area contributed by atoms with E-state index in [0.717, 1.165) is 5.56 Å². The van der Waals surface area contributed by atoms with Crippen LogP contribution in [0.15, 0.2) is 60.8 Å². The second kappa shape index (κ2) is 7.97. The first kappa shape index (κ1) is 18.5. The van der Waals surface area contributed by atoms with Crippen molar-refractivity contribution in [1.82, 2.24) is 4.98 Å². The molecule has 1 aromatic heterocycles. The normalized spacial score (nSPS) is 10.3. The Labute approximate surface area is 160 Å². The molecule has 0 aliphatic rings. The van der Waals surface area contributed by atoms with Gasteiger partial charge in [-0.15, -0.1) is 0 Å². The van der Waals surface area contributed by atoms with Crippen LogP contribution in [0.1, 0.15) is 26.4 Å². The minimum atomic E-state index is -0.466. The van der Waals surface area contributed by atoms with Crippen molar-refractivity contribution < 1.29 is 14.0 Å². The number of aromatic nitrogens is 1. The molecule has 2 amide bonds. The number of anilines is 2. The summed E-state index contributed by atoms with van der Waals surface area (Å²) >= 11 is 6.05. The molecule has 0 aliphatic carbocycles. The maximum atomic E-state index is 12.9. The number of hydrogen-bond donors (Lipinski definition) is 2. The van der Waals surface area contributed by atoms with Gasteiger partial charge >= 0.3 is 0 Å². The molecule has 0 saturated carbocycles. The average molecular weight is 384 g/mol. The summed E-state index contributed by atoms with van der Waals surface area (Å²) < 4.78 is 12.9. The third-order valence-corrected chi connectivity index (χ3v) is 4.19. The van der Waals surface area contributed by atoms with Crippen LogP contribution in [0.4, 0.5) is 15.8 Å². The fourth-order valence-electron chi connectivity index (χ4n) is 2.30. The van der Waals surface area contributed by atoms with Crippen molar-refractivity contribution in [3.63, 3.8) is 0 Å². The van der Waals surface area contributed by atoms with Gasteiger partial charge in [0.2, 0.25) is 0 Å². The number of nitrogens with zero attached hydrogens (tertiary/aromatic N) is 1. The number of pyridine rings is 1. The van der Waals surface area contributed by atoms with Gasteiger partial charge in [0.25, 0.3) is 11.8 Å². The van der Waals surface area contributed by atoms with E-state index >= 15 is 0 Å². The summed E-state index contributed by atoms with van der Waals surface area (Å²) in [6.45, 7) is 1.86. The molecule has 27 heavy (non-hydrogen) atoms. The van der Waals surface area contributed by atoms with Crippen molar-refractivity contribution in [3.8, 4) is 0 Å². The minimum absolute atomic E-state index is 0.0819. The predicted molar refractivity (Wildman–Crippen MR) is 103 cm³/mol. The molecule has 3 aromatic rings. The maximum Gasteiger partial charge on any atom is 0.274 e. The number of carbonyl (C=O) groups excluding carboxylic acids is 2. The Kier molecular flexibility index (Phi) is 5.47. The van der Waals surface area contributed by atoms with Gasteiger partial charge in [-0.1, -0.05) is 17.7 Å². The van der Waals surface area contributed by atoms with Gasteiger partial charge in [0.15, 0.2) is 0 Å². The van der Waals surface area contributed by atoms with Gasteiger partial charge in [-0.05, 0) is 61.0 Å². The van der Waals surface area contributed by atoms with E-state index in [1.165, 1.54) is 42.6 Å². The predicted octanol–water partition coefficient (Wildman–Crippen LogP) is 4.69. The fraction of sp³-hybridized carbons (Fsp3) is 0.0500. The molecule has 0 atom stereocenters. The lowest BCUT2D eigenvalue weighted by Gasteiger charge is -2.08. The first-order valence-corrected chi connectivity index (χ1v) is 8.40. The molecular formula is C20H15ClFN3O2. The lowest BCUT2D eigenvalue weighted by atomic mass is 10.2. The highest BCUT2D eigenvalue weighted by atomic mass is 35.5. The summed E-state index contributed by atoms with van der Waals surface area (Å²) in [7, 11) is 0. The number of carbonyl (C=O) groups is 2. The second-order valence-electron chi connectivity index (χ2n) is 5.81. The van der Waals surface area contributed by atoms with E-state index in [2.05, 4.69) is 15.6 Å². The average Bonchev–Trinajstić information content (AvgIpc) is 2.66. The van der Waals surface area contributed by atoms with Crippen molar-refractivity contribution >= 4 is 34.8 Å². The number of amides is 2. The molecule has 0 fully saturated rings. The molecular weight excluding hydrogens is 369 g/mol. The van der Waals surface area contributed by atoms with E-state index in [1.54, 1.807) is 18.2 Å². The number of aryl methyl sites for hydroxylation is 1. The molecule has 1 heterocycles. The van der Waals surface area contributed by atoms with Crippen LogP contribution in [0.5, 0.6) is 0 Å². The van der Waals surface area contributed by atoms with E-state index in [4.69, 9.17) is 11.6 Å². The van der Waals surface area contributed by atoms with Crippen molar-refractivity contribution in [2.24, 2.45) is 0 Å². The van der Waals surface area contributed by atoms with Gasteiger partial charge in [-0.3, -0.25) is 14.6 Å². The minimum Gasteiger partial charge on any atom is -0.322 e. The molecule has 7 heteroatoms. The molecule has 0 saturated heterocycles. The van der Waals surface area contributed by atoms with E-state index < -0.39 is 17.6 Å². The third-order valence-electron chi connectivity index (χ3n) is 3.79. The lowest BCUT2D eigenvalue weighted by Crippen LogP contribution is -2.17. The highest BCUT2D eigenvalue weighted by molar-refractivity contribution is 6.31. The molecule has 0 aliphatic heterocycles. The number of halogens is 2. The summed E-state index contributed by atoms with van der Waals surface area (Å²) in [5, 5.41) is 5.86. The Bertz CT molecular complexity index is 1010. The lowest BCUT2D eigenvalue weighted by molar-refractivity contribution is 0.102. The first-order chi connectivity index (χ1) is 12.9. The Hall–Kier alpha value is -3.25. The van der Waals surface area contributed by atoms with Gasteiger partial charge in [-0.25, -0.2) is 4.39 Å². The molecule has 0 bridgehead atoms. The summed E-state index contributed by atoms with van der Waals surface area (Å²) in [5.41, 5.74) is 2.20. The summed E-state index contributed by atoms with van der Waals surface area (Å²) in [6.07, 6.45) is 1.37. The summed E-state index contributed by atoms with van der Waals surface area (Å²) in [6, 6.07) is 13.4. The van der Waals surface area contributed by atoms with Crippen LogP contribution in [0.2, 0.25) is 5.02 Å². The van der Waals surface area contributed by atoms with Gasteiger partial charge < -0.3 is 10.6 Å². The smallest absolute Gasteiger partial charge is 0.274 e. The Balaban J connectivity index is 1.73. The van der Waals surface area contributed by atoms with E-state index in [1.807, 2.05) is 6.92 Å². The zero-order chi connectivity index (χ0) is 19.4. The Morgan fingerprint density at radius 2 is 1.59 bits per heavy atom. The third kappa shape index (κ3) is 4.68. The highest BCUT2D eigenvalue weighted by Crippen LogP contribution is 2.20. The van der Waals surface area contributed by atoms with Crippen LogP contribution >= 0.6 is 11.6 Å². The molecule has 2 aromatic carbocycles. The highest BCUT2D eigenvalue weighted by Gasteiger charge is 2.13. The SMILES string of the molecule is Cc1ccc(NC(=O)c2cc(C(=O)Nc3ccc(F)cc3)ccn2)cc1Cl. The molecule has 0 radical (unpaired) electrons. The van der Waals surface area contributed by atoms with E-state index in [-0.39, 0.29) is 11.3 Å². The van der Waals surface area contributed by atoms with Gasteiger partial charge in [0.1, 0.15) is 11.5 Å². The van der Waals surface area contributed by atoms with Crippen LogP contribution in [0.3, 0.4) is 0 Å². The second-order valence-corrected chi connectivity index (χ2v) is 6.22. The number of nitrogens with one attached hydrogen (secondary N) is 2. The van der Waals surface area contributed by atoms with Crippen LogP contribution < -0.4 is 10.6 Å². The van der Waals surface area contributed by atoms with Crippen LogP contribution in [-0.2, 0) is 0 Å². The van der Waals surface area contributed by atoms with E-state index in [0.29, 0.717) is 16.4 Å².